The van der Waals surface area contributed by atoms with E-state index >= 15 is 0 Å². The number of hydrogen-bond donors (Lipinski definition) is 0. The highest BCUT2D eigenvalue weighted by Crippen LogP contribution is 2.23. The number of halogens is 1. The number of fused-ring (bicyclic) bond motifs is 2. The molecule has 0 aromatic rings. The van der Waals surface area contributed by atoms with E-state index in [2.05, 4.69) is 56.7 Å². The highest BCUT2D eigenvalue weighted by Gasteiger charge is 2.10. The quantitative estimate of drug-likeness (QED) is 0.541. The highest BCUT2D eigenvalue weighted by atomic mass is 35.7. The normalized spacial score (nSPS) is 18.2. The molecule has 2 aliphatic carbocycles. The molecule has 0 aliphatic heterocycles. The summed E-state index contributed by atoms with van der Waals surface area (Å²) in [6.07, 6.45) is 16.4. The molecule has 0 heterocycles. The Hall–Kier alpha value is -1.30. The van der Waals surface area contributed by atoms with Gasteiger partial charge in [0.15, 0.2) is 0 Å². The second kappa shape index (κ2) is 6.75. The van der Waals surface area contributed by atoms with Crippen LogP contribution in [0.4, 0.5) is 0 Å². The fraction of sp³-hybridized carbons (Fsp3) is 0.214. The summed E-state index contributed by atoms with van der Waals surface area (Å²) in [5, 5.41) is 0. The van der Waals surface area contributed by atoms with Crippen LogP contribution in [0.3, 0.4) is 0 Å². The Morgan fingerprint density at radius 3 is 2.16 bits per heavy atom. The summed E-state index contributed by atoms with van der Waals surface area (Å²) in [5.41, 5.74) is 5.45. The minimum absolute atomic E-state index is 1.05. The van der Waals surface area contributed by atoms with Crippen LogP contribution in [-0.2, 0) is 0 Å². The van der Waals surface area contributed by atoms with Crippen LogP contribution in [0.15, 0.2) is 58.7 Å². The largest absolute Gasteiger partial charge is 0.222 e. The SMILES string of the molecule is CC1=CC(C)=CC2=C[CH+]C=CC(=C1)C2.[O-][Cl+3]([O-])([O-])[O-]. The molecule has 0 atom stereocenters. The zero-order chi connectivity index (χ0) is 14.5. The molecule has 0 fully saturated rings. The fourth-order valence-electron chi connectivity index (χ4n) is 1.94. The summed E-state index contributed by atoms with van der Waals surface area (Å²) in [4.78, 5) is 0. The average molecular weight is 283 g/mol. The van der Waals surface area contributed by atoms with Gasteiger partial charge in [0.2, 0.25) is 0 Å². The van der Waals surface area contributed by atoms with Crippen molar-refractivity contribution >= 4 is 0 Å². The fourth-order valence-corrected chi connectivity index (χ4v) is 1.94. The first-order valence-corrected chi connectivity index (χ1v) is 6.87. The van der Waals surface area contributed by atoms with E-state index in [9.17, 15) is 0 Å². The molecule has 0 N–H and O–H groups in total. The molecular formula is C14H15ClO4. The van der Waals surface area contributed by atoms with Gasteiger partial charge >= 0.3 is 0 Å². The van der Waals surface area contributed by atoms with Crippen molar-refractivity contribution in [1.29, 1.82) is 0 Å². The Labute approximate surface area is 115 Å². The molecule has 4 nitrogen and oxygen atoms in total. The molecule has 2 rings (SSSR count). The van der Waals surface area contributed by atoms with E-state index in [1.807, 2.05) is 0 Å². The standard InChI is InChI=1S/C14H15.ClHO4/c1-11-7-12(2)9-14-6-4-3-5-13(8-11)10-14;2-1(3,4)5/h3-9H,10H2,1-2H3;(H,2,3,4,5)/q+1;/p-1. The van der Waals surface area contributed by atoms with Gasteiger partial charge in [-0.05, 0) is 37.1 Å². The van der Waals surface area contributed by atoms with E-state index in [0.29, 0.717) is 0 Å². The number of hydrogen-bond acceptors (Lipinski definition) is 4. The molecule has 19 heavy (non-hydrogen) atoms. The lowest BCUT2D eigenvalue weighted by atomic mass is 9.98. The Morgan fingerprint density at radius 1 is 0.947 bits per heavy atom. The first kappa shape index (κ1) is 15.8. The predicted molar refractivity (Wildman–Crippen MR) is 61.7 cm³/mol. The Kier molecular flexibility index (Phi) is 5.60. The van der Waals surface area contributed by atoms with E-state index in [1.165, 1.54) is 22.3 Å². The van der Waals surface area contributed by atoms with Crippen LogP contribution in [0.2, 0.25) is 0 Å². The molecule has 5 heteroatoms. The van der Waals surface area contributed by atoms with Crippen molar-refractivity contribution < 1.29 is 28.9 Å². The summed E-state index contributed by atoms with van der Waals surface area (Å²) in [7, 11) is -4.94. The average Bonchev–Trinajstić information content (AvgIpc) is 2.39. The molecule has 2 aliphatic rings. The summed E-state index contributed by atoms with van der Waals surface area (Å²) >= 11 is 0. The van der Waals surface area contributed by atoms with Gasteiger partial charge in [0.25, 0.3) is 0 Å². The van der Waals surface area contributed by atoms with Gasteiger partial charge in [-0.1, -0.05) is 6.08 Å². The van der Waals surface area contributed by atoms with Gasteiger partial charge in [-0.3, -0.25) is 0 Å². The maximum atomic E-state index is 8.49. The molecule has 0 saturated carbocycles. The molecule has 0 amide bonds. The third-order valence-electron chi connectivity index (χ3n) is 2.42. The molecule has 102 valence electrons. The zero-order valence-electron chi connectivity index (χ0n) is 10.8. The predicted octanol–water partition coefficient (Wildman–Crippen LogP) is -0.846. The van der Waals surface area contributed by atoms with E-state index < -0.39 is 10.2 Å². The lowest BCUT2D eigenvalue weighted by Crippen LogP contribution is -2.68. The van der Waals surface area contributed by atoms with Crippen molar-refractivity contribution in [3.63, 3.8) is 0 Å². The van der Waals surface area contributed by atoms with Gasteiger partial charge in [0, 0.05) is 29.7 Å². The van der Waals surface area contributed by atoms with Crippen LogP contribution in [-0.4, -0.2) is 0 Å². The minimum atomic E-state index is -4.94. The second-order valence-electron chi connectivity index (χ2n) is 4.34. The van der Waals surface area contributed by atoms with E-state index in [0.717, 1.165) is 6.42 Å². The molecule has 0 radical (unpaired) electrons. The Morgan fingerprint density at radius 2 is 1.53 bits per heavy atom. The third-order valence-corrected chi connectivity index (χ3v) is 2.42. The lowest BCUT2D eigenvalue weighted by molar-refractivity contribution is -2.00. The van der Waals surface area contributed by atoms with Crippen LogP contribution >= 0.6 is 0 Å². The van der Waals surface area contributed by atoms with Crippen molar-refractivity contribution in [2.45, 2.75) is 20.3 Å². The van der Waals surface area contributed by atoms with Crippen molar-refractivity contribution in [3.8, 4) is 0 Å². The number of rotatable bonds is 0. The molecule has 0 unspecified atom stereocenters. The third kappa shape index (κ3) is 7.66. The van der Waals surface area contributed by atoms with Gasteiger partial charge in [-0.15, -0.1) is 10.2 Å². The maximum absolute atomic E-state index is 8.49. The lowest BCUT2D eigenvalue weighted by Gasteiger charge is -2.17. The van der Waals surface area contributed by atoms with Crippen LogP contribution < -0.4 is 18.6 Å². The Bertz CT molecular complexity index is 467. The summed E-state index contributed by atoms with van der Waals surface area (Å²) in [6, 6.07) is 0. The van der Waals surface area contributed by atoms with E-state index in [-0.39, 0.29) is 0 Å². The van der Waals surface area contributed by atoms with E-state index in [4.69, 9.17) is 18.6 Å². The van der Waals surface area contributed by atoms with Gasteiger partial charge in [0.05, 0.1) is 12.5 Å². The zero-order valence-corrected chi connectivity index (χ0v) is 11.5. The number of allylic oxidation sites excluding steroid dienone is 10. The van der Waals surface area contributed by atoms with Crippen LogP contribution in [0.5, 0.6) is 0 Å². The molecule has 0 aromatic carbocycles. The van der Waals surface area contributed by atoms with E-state index in [1.54, 1.807) is 0 Å². The van der Waals surface area contributed by atoms with Gasteiger partial charge < -0.3 is 0 Å². The molecule has 0 spiro atoms. The van der Waals surface area contributed by atoms with Crippen LogP contribution in [0, 0.1) is 16.7 Å². The first-order chi connectivity index (χ1) is 8.74. The highest BCUT2D eigenvalue weighted by molar-refractivity contribution is 5.46. The van der Waals surface area contributed by atoms with Crippen LogP contribution in [0.1, 0.15) is 20.3 Å². The minimum Gasteiger partial charge on any atom is -0.222 e. The first-order valence-electron chi connectivity index (χ1n) is 5.63. The molecule has 0 saturated heterocycles. The van der Waals surface area contributed by atoms with Crippen molar-refractivity contribution in [2.24, 2.45) is 0 Å². The smallest absolute Gasteiger partial charge is 0.0546 e. The van der Waals surface area contributed by atoms with Crippen molar-refractivity contribution in [1.82, 2.24) is 0 Å². The molecule has 2 bridgehead atoms. The second-order valence-corrected chi connectivity index (χ2v) is 5.10. The molecular weight excluding hydrogens is 268 g/mol. The van der Waals surface area contributed by atoms with Crippen molar-refractivity contribution in [3.05, 3.63) is 65.2 Å². The summed E-state index contributed by atoms with van der Waals surface area (Å²) in [6.45, 7) is 4.31. The summed E-state index contributed by atoms with van der Waals surface area (Å²) < 4.78 is 34.0. The van der Waals surface area contributed by atoms with Gasteiger partial charge in [-0.25, -0.2) is 18.6 Å². The van der Waals surface area contributed by atoms with Gasteiger partial charge in [0.1, 0.15) is 0 Å². The topological polar surface area (TPSA) is 92.2 Å². The van der Waals surface area contributed by atoms with Crippen LogP contribution in [0.25, 0.3) is 0 Å². The Balaban J connectivity index is 0.000000312. The van der Waals surface area contributed by atoms with Gasteiger partial charge in [-0.2, -0.15) is 0 Å². The maximum Gasteiger partial charge on any atom is 0.0546 e. The summed E-state index contributed by atoms with van der Waals surface area (Å²) in [5.74, 6) is 0. The molecule has 0 aromatic heterocycles. The van der Waals surface area contributed by atoms with Crippen molar-refractivity contribution in [2.75, 3.05) is 0 Å². The monoisotopic (exact) mass is 282 g/mol.